The van der Waals surface area contributed by atoms with Gasteiger partial charge in [-0.1, -0.05) is 24.3 Å². The van der Waals surface area contributed by atoms with Crippen LogP contribution in [0.3, 0.4) is 0 Å². The minimum Gasteiger partial charge on any atom is -0.423 e. The molecule has 3 heterocycles. The van der Waals surface area contributed by atoms with E-state index < -0.39 is 18.1 Å². The standard InChI is InChI=1S/C25H23N5O4/c31-24(33-22-12-3-1-9-19(22)29-17-7-14-26-29)21-11-5-6-16-28(21)25(32)34-23-13-4-2-10-20(23)30-18-8-15-27-30/h1-4,7-10,12-15,17-18,21H,5-6,11,16H2. The van der Waals surface area contributed by atoms with Crippen molar-refractivity contribution in [1.29, 1.82) is 0 Å². The molecule has 9 nitrogen and oxygen atoms in total. The molecule has 2 aromatic heterocycles. The van der Waals surface area contributed by atoms with E-state index in [9.17, 15) is 9.59 Å². The Bertz CT molecular complexity index is 1170. The average molecular weight is 457 g/mol. The molecule has 172 valence electrons. The van der Waals surface area contributed by atoms with Crippen LogP contribution in [0, 0.1) is 0 Å². The van der Waals surface area contributed by atoms with Gasteiger partial charge in [-0.3, -0.25) is 4.90 Å². The molecule has 4 aromatic rings. The maximum atomic E-state index is 13.2. The van der Waals surface area contributed by atoms with Crippen LogP contribution in [0.25, 0.3) is 11.4 Å². The van der Waals surface area contributed by atoms with Crippen LogP contribution in [0.5, 0.6) is 11.5 Å². The van der Waals surface area contributed by atoms with Gasteiger partial charge in [0.2, 0.25) is 0 Å². The van der Waals surface area contributed by atoms with E-state index in [1.807, 2.05) is 24.3 Å². The minimum absolute atomic E-state index is 0.359. The molecule has 5 rings (SSSR count). The maximum Gasteiger partial charge on any atom is 0.416 e. The van der Waals surface area contributed by atoms with Crippen LogP contribution in [0.1, 0.15) is 19.3 Å². The van der Waals surface area contributed by atoms with Crippen molar-refractivity contribution in [2.24, 2.45) is 0 Å². The summed E-state index contributed by atoms with van der Waals surface area (Å²) in [5.41, 5.74) is 1.27. The van der Waals surface area contributed by atoms with Gasteiger partial charge in [-0.05, 0) is 55.7 Å². The molecule has 1 atom stereocenters. The third-order valence-corrected chi connectivity index (χ3v) is 5.65. The fourth-order valence-corrected chi connectivity index (χ4v) is 4.01. The molecule has 0 N–H and O–H groups in total. The molecule has 1 aliphatic rings. The molecule has 1 aliphatic heterocycles. The summed E-state index contributed by atoms with van der Waals surface area (Å²) in [6.45, 7) is 0.406. The second kappa shape index (κ2) is 9.62. The summed E-state index contributed by atoms with van der Waals surface area (Å²) in [5.74, 6) is 0.230. The van der Waals surface area contributed by atoms with Crippen LogP contribution < -0.4 is 9.47 Å². The Morgan fingerprint density at radius 3 is 1.94 bits per heavy atom. The highest BCUT2D eigenvalue weighted by Gasteiger charge is 2.35. The molecule has 1 unspecified atom stereocenters. The van der Waals surface area contributed by atoms with Gasteiger partial charge in [0.25, 0.3) is 0 Å². The quantitative estimate of drug-likeness (QED) is 0.332. The number of likely N-dealkylation sites (tertiary alicyclic amines) is 1. The third-order valence-electron chi connectivity index (χ3n) is 5.65. The lowest BCUT2D eigenvalue weighted by molar-refractivity contribution is -0.140. The zero-order chi connectivity index (χ0) is 23.3. The van der Waals surface area contributed by atoms with E-state index in [-0.39, 0.29) is 0 Å². The second-order valence-electron chi connectivity index (χ2n) is 7.83. The van der Waals surface area contributed by atoms with Gasteiger partial charge in [-0.2, -0.15) is 10.2 Å². The molecule has 0 radical (unpaired) electrons. The van der Waals surface area contributed by atoms with Gasteiger partial charge in [-0.25, -0.2) is 19.0 Å². The van der Waals surface area contributed by atoms with Crippen molar-refractivity contribution >= 4 is 12.1 Å². The summed E-state index contributed by atoms with van der Waals surface area (Å²) in [6, 6.07) is 17.1. The van der Waals surface area contributed by atoms with Gasteiger partial charge in [0.15, 0.2) is 11.5 Å². The van der Waals surface area contributed by atoms with Gasteiger partial charge in [0.05, 0.1) is 0 Å². The lowest BCUT2D eigenvalue weighted by Crippen LogP contribution is -2.50. The number of hydrogen-bond donors (Lipinski definition) is 0. The number of nitrogens with zero attached hydrogens (tertiary/aromatic N) is 5. The summed E-state index contributed by atoms with van der Waals surface area (Å²) in [4.78, 5) is 27.8. The molecule has 0 spiro atoms. The predicted molar refractivity (Wildman–Crippen MR) is 123 cm³/mol. The first-order valence-electron chi connectivity index (χ1n) is 11.1. The summed E-state index contributed by atoms with van der Waals surface area (Å²) < 4.78 is 14.7. The Labute approximate surface area is 196 Å². The van der Waals surface area contributed by atoms with Crippen molar-refractivity contribution in [3.8, 4) is 22.9 Å². The largest absolute Gasteiger partial charge is 0.423 e. The van der Waals surface area contributed by atoms with Crippen LogP contribution in [-0.2, 0) is 4.79 Å². The van der Waals surface area contributed by atoms with Crippen molar-refractivity contribution in [3.05, 3.63) is 85.5 Å². The lowest BCUT2D eigenvalue weighted by Gasteiger charge is -2.33. The number of carbonyl (C=O) groups excluding carboxylic acids is 2. The summed E-state index contributed by atoms with van der Waals surface area (Å²) >= 11 is 0. The van der Waals surface area contributed by atoms with Gasteiger partial charge >= 0.3 is 12.1 Å². The van der Waals surface area contributed by atoms with Crippen molar-refractivity contribution in [3.63, 3.8) is 0 Å². The maximum absolute atomic E-state index is 13.2. The highest BCUT2D eigenvalue weighted by atomic mass is 16.6. The average Bonchev–Trinajstić information content (AvgIpc) is 3.60. The number of carbonyl (C=O) groups is 2. The number of piperidine rings is 1. The third kappa shape index (κ3) is 4.40. The number of benzene rings is 2. The first-order valence-corrected chi connectivity index (χ1v) is 11.1. The lowest BCUT2D eigenvalue weighted by atomic mass is 10.0. The van der Waals surface area contributed by atoms with Crippen LogP contribution in [-0.4, -0.2) is 49.1 Å². The smallest absolute Gasteiger partial charge is 0.416 e. The Balaban J connectivity index is 1.35. The molecule has 0 saturated carbocycles. The first kappa shape index (κ1) is 21.4. The Morgan fingerprint density at radius 1 is 0.765 bits per heavy atom. The van der Waals surface area contributed by atoms with E-state index in [2.05, 4.69) is 10.2 Å². The van der Waals surface area contributed by atoms with E-state index in [4.69, 9.17) is 9.47 Å². The minimum atomic E-state index is -0.746. The van der Waals surface area contributed by atoms with Gasteiger partial charge < -0.3 is 9.47 Å². The summed E-state index contributed by atoms with van der Waals surface area (Å²) in [6.07, 6.45) is 8.34. The number of amides is 1. The van der Waals surface area contributed by atoms with Crippen LogP contribution >= 0.6 is 0 Å². The highest BCUT2D eigenvalue weighted by molar-refractivity contribution is 5.84. The van der Waals surface area contributed by atoms with Gasteiger partial charge in [0, 0.05) is 31.3 Å². The number of esters is 1. The van der Waals surface area contributed by atoms with E-state index in [0.717, 1.165) is 12.8 Å². The van der Waals surface area contributed by atoms with E-state index >= 15 is 0 Å². The Hall–Kier alpha value is -4.40. The van der Waals surface area contributed by atoms with E-state index in [1.54, 1.807) is 70.5 Å². The van der Waals surface area contributed by atoms with Gasteiger partial charge in [-0.15, -0.1) is 0 Å². The SMILES string of the molecule is O=C(Oc1ccccc1-n1cccn1)C1CCCCN1C(=O)Oc1ccccc1-n1cccn1. The number of para-hydroxylation sites is 4. The molecule has 1 fully saturated rings. The molecule has 2 aromatic carbocycles. The first-order chi connectivity index (χ1) is 16.7. The topological polar surface area (TPSA) is 91.5 Å². The van der Waals surface area contributed by atoms with Crippen LogP contribution in [0.15, 0.2) is 85.5 Å². The van der Waals surface area contributed by atoms with E-state index in [0.29, 0.717) is 35.8 Å². The number of aromatic nitrogens is 4. The van der Waals surface area contributed by atoms with Crippen molar-refractivity contribution in [1.82, 2.24) is 24.5 Å². The van der Waals surface area contributed by atoms with Crippen molar-refractivity contribution < 1.29 is 19.1 Å². The molecule has 1 amide bonds. The summed E-state index contributed by atoms with van der Waals surface area (Å²) in [7, 11) is 0. The highest BCUT2D eigenvalue weighted by Crippen LogP contribution is 2.27. The summed E-state index contributed by atoms with van der Waals surface area (Å²) in [5, 5.41) is 8.44. The predicted octanol–water partition coefficient (Wildman–Crippen LogP) is 4.02. The molecular weight excluding hydrogens is 434 g/mol. The number of ether oxygens (including phenoxy) is 2. The fourth-order valence-electron chi connectivity index (χ4n) is 4.01. The Kier molecular flexibility index (Phi) is 6.07. The van der Waals surface area contributed by atoms with Crippen LogP contribution in [0.2, 0.25) is 0 Å². The monoisotopic (exact) mass is 457 g/mol. The van der Waals surface area contributed by atoms with E-state index in [1.165, 1.54) is 4.90 Å². The zero-order valence-corrected chi connectivity index (χ0v) is 18.4. The number of hydrogen-bond acceptors (Lipinski definition) is 6. The van der Waals surface area contributed by atoms with Crippen molar-refractivity contribution in [2.45, 2.75) is 25.3 Å². The zero-order valence-electron chi connectivity index (χ0n) is 18.4. The second-order valence-corrected chi connectivity index (χ2v) is 7.83. The Morgan fingerprint density at radius 2 is 1.35 bits per heavy atom. The molecular formula is C25H23N5O4. The molecule has 9 heteroatoms. The molecule has 1 saturated heterocycles. The van der Waals surface area contributed by atoms with Crippen LogP contribution in [0.4, 0.5) is 4.79 Å². The van der Waals surface area contributed by atoms with Gasteiger partial charge in [0.1, 0.15) is 17.4 Å². The molecule has 0 aliphatic carbocycles. The fraction of sp³-hybridized carbons (Fsp3) is 0.200. The normalized spacial score (nSPS) is 15.6. The molecule has 34 heavy (non-hydrogen) atoms. The molecule has 0 bridgehead atoms. The van der Waals surface area contributed by atoms with Crippen molar-refractivity contribution in [2.75, 3.05) is 6.54 Å². The number of rotatable bonds is 5.